The van der Waals surface area contributed by atoms with Gasteiger partial charge in [-0.25, -0.2) is 0 Å². The third kappa shape index (κ3) is 6.54. The molecule has 2 aromatic rings. The highest BCUT2D eigenvalue weighted by atomic mass is 19.4. The number of pyridine rings is 1. The largest absolute Gasteiger partial charge is 0.417 e. The first-order valence-corrected chi connectivity index (χ1v) is 13.4. The van der Waals surface area contributed by atoms with Gasteiger partial charge in [0.25, 0.3) is 0 Å². The molecule has 6 nitrogen and oxygen atoms in total. The van der Waals surface area contributed by atoms with Crippen molar-refractivity contribution in [2.75, 3.05) is 11.4 Å². The molecule has 0 spiro atoms. The quantitative estimate of drug-likeness (QED) is 0.505. The highest BCUT2D eigenvalue weighted by molar-refractivity contribution is 6.04. The van der Waals surface area contributed by atoms with Gasteiger partial charge in [-0.2, -0.15) is 13.2 Å². The summed E-state index contributed by atoms with van der Waals surface area (Å²) < 4.78 is 41.0. The second kappa shape index (κ2) is 11.4. The number of rotatable bonds is 6. The molecule has 2 N–H and O–H groups in total. The Kier molecular flexibility index (Phi) is 8.45. The molecule has 2 aliphatic rings. The Balaban J connectivity index is 1.81. The number of hydrogen-bond acceptors (Lipinski definition) is 4. The lowest BCUT2D eigenvalue weighted by Gasteiger charge is -2.35. The summed E-state index contributed by atoms with van der Waals surface area (Å²) in [5, 5.41) is 6.23. The molecular weight excluding hydrogens is 493 g/mol. The van der Waals surface area contributed by atoms with Gasteiger partial charge in [0.2, 0.25) is 11.8 Å². The van der Waals surface area contributed by atoms with Gasteiger partial charge in [-0.15, -0.1) is 0 Å². The molecule has 1 aliphatic heterocycles. The van der Waals surface area contributed by atoms with E-state index >= 15 is 0 Å². The van der Waals surface area contributed by atoms with E-state index in [2.05, 4.69) is 36.4 Å². The lowest BCUT2D eigenvalue weighted by molar-refractivity contribution is -0.138. The van der Waals surface area contributed by atoms with Gasteiger partial charge in [-0.05, 0) is 61.4 Å². The molecular formula is C29H37F3N4O2. The number of benzene rings is 1. The van der Waals surface area contributed by atoms with Crippen LogP contribution in [0.25, 0.3) is 0 Å². The average Bonchev–Trinajstić information content (AvgIpc) is 3.42. The molecule has 2 atom stereocenters. The van der Waals surface area contributed by atoms with E-state index in [4.69, 9.17) is 0 Å². The lowest BCUT2D eigenvalue weighted by Crippen LogP contribution is -2.51. The summed E-state index contributed by atoms with van der Waals surface area (Å²) >= 11 is 0. The molecule has 1 saturated carbocycles. The highest BCUT2D eigenvalue weighted by Gasteiger charge is 2.39. The maximum atomic E-state index is 14.0. The van der Waals surface area contributed by atoms with Crippen LogP contribution < -0.4 is 15.5 Å². The van der Waals surface area contributed by atoms with Crippen molar-refractivity contribution >= 4 is 17.5 Å². The number of nitrogens with one attached hydrogen (secondary N) is 2. The SMILES string of the molecule is CC(C)(C)c1ccc(N(C(=O)C2CCCN2)C(C(=O)NC2CCCCC2)c2cncc(C(F)(F)F)c2)cc1. The Morgan fingerprint density at radius 2 is 1.66 bits per heavy atom. The molecule has 2 fully saturated rings. The van der Waals surface area contributed by atoms with E-state index in [9.17, 15) is 22.8 Å². The van der Waals surface area contributed by atoms with E-state index in [0.717, 1.165) is 56.4 Å². The first kappa shape index (κ1) is 28.1. The van der Waals surface area contributed by atoms with E-state index in [1.54, 1.807) is 12.1 Å². The van der Waals surface area contributed by atoms with Crippen LogP contribution in [0, 0.1) is 0 Å². The zero-order valence-corrected chi connectivity index (χ0v) is 22.3. The van der Waals surface area contributed by atoms with Gasteiger partial charge in [-0.3, -0.25) is 19.5 Å². The molecule has 38 heavy (non-hydrogen) atoms. The van der Waals surface area contributed by atoms with Crippen LogP contribution in [0.2, 0.25) is 0 Å². The topological polar surface area (TPSA) is 74.3 Å². The number of hydrogen-bond donors (Lipinski definition) is 2. The maximum absolute atomic E-state index is 14.0. The number of carbonyl (C=O) groups is 2. The van der Waals surface area contributed by atoms with E-state index in [1.807, 2.05) is 12.1 Å². The minimum absolute atomic E-state index is 0.0272. The summed E-state index contributed by atoms with van der Waals surface area (Å²) in [5.41, 5.74) is 0.428. The molecule has 1 aliphatic carbocycles. The molecule has 4 rings (SSSR count). The average molecular weight is 531 g/mol. The minimum Gasteiger partial charge on any atom is -0.351 e. The number of carbonyl (C=O) groups excluding carboxylic acids is 2. The fraction of sp³-hybridized carbons (Fsp3) is 0.552. The smallest absolute Gasteiger partial charge is 0.351 e. The number of amides is 2. The summed E-state index contributed by atoms with van der Waals surface area (Å²) in [6.45, 7) is 6.88. The fourth-order valence-corrected chi connectivity index (χ4v) is 5.30. The van der Waals surface area contributed by atoms with Gasteiger partial charge >= 0.3 is 6.18 Å². The predicted octanol–water partition coefficient (Wildman–Crippen LogP) is 5.67. The molecule has 1 aromatic heterocycles. The molecule has 1 aromatic carbocycles. The van der Waals surface area contributed by atoms with Gasteiger partial charge in [0.05, 0.1) is 11.6 Å². The van der Waals surface area contributed by atoms with Crippen molar-refractivity contribution in [3.8, 4) is 0 Å². The summed E-state index contributed by atoms with van der Waals surface area (Å²) in [7, 11) is 0. The van der Waals surface area contributed by atoms with Crippen molar-refractivity contribution in [3.63, 3.8) is 0 Å². The van der Waals surface area contributed by atoms with E-state index in [0.29, 0.717) is 18.7 Å². The normalized spacial score (nSPS) is 19.7. The number of nitrogens with zero attached hydrogens (tertiary/aromatic N) is 2. The van der Waals surface area contributed by atoms with Crippen LogP contribution >= 0.6 is 0 Å². The summed E-state index contributed by atoms with van der Waals surface area (Å²) in [5.74, 6) is -0.837. The van der Waals surface area contributed by atoms with Crippen LogP contribution in [0.5, 0.6) is 0 Å². The van der Waals surface area contributed by atoms with Crippen molar-refractivity contribution in [1.82, 2.24) is 15.6 Å². The standard InChI is InChI=1S/C29H37F3N4O2/c1-28(2,3)20-11-13-23(14-12-20)36(27(38)24-10-7-15-34-24)25(26(37)35-22-8-5-4-6-9-22)19-16-21(18-33-17-19)29(30,31)32/h11-14,16-18,22,24-25,34H,4-10,15H2,1-3H3,(H,35,37). The molecule has 2 unspecified atom stereocenters. The molecule has 0 bridgehead atoms. The van der Waals surface area contributed by atoms with Crippen LogP contribution in [0.3, 0.4) is 0 Å². The number of anilines is 1. The maximum Gasteiger partial charge on any atom is 0.417 e. The van der Waals surface area contributed by atoms with Gasteiger partial charge in [0, 0.05) is 29.7 Å². The molecule has 2 amide bonds. The Bertz CT molecular complexity index is 1120. The summed E-state index contributed by atoms with van der Waals surface area (Å²) in [6.07, 6.45) is 3.40. The predicted molar refractivity (Wildman–Crippen MR) is 141 cm³/mol. The summed E-state index contributed by atoms with van der Waals surface area (Å²) in [4.78, 5) is 33.1. The molecule has 0 radical (unpaired) electrons. The van der Waals surface area contributed by atoms with Gasteiger partial charge in [-0.1, -0.05) is 52.2 Å². The van der Waals surface area contributed by atoms with Crippen molar-refractivity contribution in [1.29, 1.82) is 0 Å². The number of aromatic nitrogens is 1. The third-order valence-electron chi connectivity index (χ3n) is 7.47. The Morgan fingerprint density at radius 1 is 0.974 bits per heavy atom. The molecule has 206 valence electrons. The van der Waals surface area contributed by atoms with Crippen LogP contribution in [-0.2, 0) is 21.2 Å². The first-order valence-electron chi connectivity index (χ1n) is 13.4. The van der Waals surface area contributed by atoms with Crippen LogP contribution in [0.15, 0.2) is 42.7 Å². The van der Waals surface area contributed by atoms with Crippen LogP contribution in [-0.4, -0.2) is 35.4 Å². The van der Waals surface area contributed by atoms with Crippen molar-refractivity contribution in [2.45, 2.75) is 95.4 Å². The van der Waals surface area contributed by atoms with Crippen molar-refractivity contribution < 1.29 is 22.8 Å². The van der Waals surface area contributed by atoms with Gasteiger partial charge in [0.1, 0.15) is 6.04 Å². The van der Waals surface area contributed by atoms with E-state index < -0.39 is 29.7 Å². The lowest BCUT2D eigenvalue weighted by atomic mass is 9.87. The van der Waals surface area contributed by atoms with E-state index in [-0.39, 0.29) is 22.9 Å². The Morgan fingerprint density at radius 3 is 2.24 bits per heavy atom. The number of halogens is 3. The molecule has 9 heteroatoms. The zero-order chi connectivity index (χ0) is 27.5. The van der Waals surface area contributed by atoms with Crippen molar-refractivity contribution in [3.05, 3.63) is 59.4 Å². The van der Waals surface area contributed by atoms with Crippen LogP contribution in [0.1, 0.15) is 88.4 Å². The van der Waals surface area contributed by atoms with Crippen molar-refractivity contribution in [2.24, 2.45) is 0 Å². The molecule has 1 saturated heterocycles. The zero-order valence-electron chi connectivity index (χ0n) is 22.3. The number of alkyl halides is 3. The van der Waals surface area contributed by atoms with Gasteiger partial charge < -0.3 is 10.6 Å². The first-order chi connectivity index (χ1) is 17.9. The Labute approximate surface area is 222 Å². The fourth-order valence-electron chi connectivity index (χ4n) is 5.30. The second-order valence-corrected chi connectivity index (χ2v) is 11.4. The van der Waals surface area contributed by atoms with Gasteiger partial charge in [0.15, 0.2) is 0 Å². The molecule has 2 heterocycles. The van der Waals surface area contributed by atoms with Crippen LogP contribution in [0.4, 0.5) is 18.9 Å². The van der Waals surface area contributed by atoms with E-state index in [1.165, 1.54) is 11.1 Å². The minimum atomic E-state index is -4.64. The summed E-state index contributed by atoms with van der Waals surface area (Å²) in [6, 6.07) is 6.37. The highest BCUT2D eigenvalue weighted by Crippen LogP contribution is 2.35. The monoisotopic (exact) mass is 530 g/mol. The Hall–Kier alpha value is -2.94. The second-order valence-electron chi connectivity index (χ2n) is 11.4. The third-order valence-corrected chi connectivity index (χ3v) is 7.47.